The number of carbonyl (C=O) groups is 1. The van der Waals surface area contributed by atoms with Gasteiger partial charge in [-0.15, -0.1) is 4.51 Å². The quantitative estimate of drug-likeness (QED) is 0.367. The summed E-state index contributed by atoms with van der Waals surface area (Å²) in [7, 11) is -4.03. The van der Waals surface area contributed by atoms with Gasteiger partial charge in [0.05, 0.1) is 28.0 Å². The molecule has 0 amide bonds. The lowest BCUT2D eigenvalue weighted by atomic mass is 10.1. The highest BCUT2D eigenvalue weighted by Gasteiger charge is 2.19. The minimum absolute atomic E-state index is 0.0327. The van der Waals surface area contributed by atoms with E-state index in [4.69, 9.17) is 17.5 Å². The van der Waals surface area contributed by atoms with Crippen LogP contribution in [0, 0.1) is 0 Å². The molecule has 1 aromatic heterocycles. The van der Waals surface area contributed by atoms with Crippen LogP contribution < -0.4 is 15.8 Å². The Kier molecular flexibility index (Phi) is 5.34. The van der Waals surface area contributed by atoms with Gasteiger partial charge >= 0.3 is 5.97 Å². The van der Waals surface area contributed by atoms with E-state index in [1.165, 1.54) is 48.8 Å². The van der Waals surface area contributed by atoms with Crippen LogP contribution in [0.1, 0.15) is 10.4 Å². The molecule has 0 aliphatic rings. The molecule has 1 heterocycles. The zero-order chi connectivity index (χ0) is 20.3. The van der Waals surface area contributed by atoms with Crippen LogP contribution >= 0.6 is 11.8 Å². The van der Waals surface area contributed by atoms with Crippen molar-refractivity contribution in [3.8, 4) is 0 Å². The van der Waals surface area contributed by atoms with Crippen molar-refractivity contribution in [1.29, 1.82) is 0 Å². The highest BCUT2D eigenvalue weighted by Crippen LogP contribution is 2.26. The number of para-hydroxylation sites is 1. The van der Waals surface area contributed by atoms with Crippen LogP contribution in [-0.4, -0.2) is 30.4 Å². The Hall–Kier alpha value is -3.37. The first kappa shape index (κ1) is 19.4. The molecule has 3 rings (SSSR count). The maximum absolute atomic E-state index is 12.7. The third kappa shape index (κ3) is 3.97. The summed E-state index contributed by atoms with van der Waals surface area (Å²) in [4.78, 5) is 15.3. The average molecular weight is 420 g/mol. The van der Waals surface area contributed by atoms with Gasteiger partial charge in [-0.1, -0.05) is 18.2 Å². The van der Waals surface area contributed by atoms with Crippen LogP contribution in [-0.2, 0) is 10.0 Å². The maximum atomic E-state index is 12.7. The molecule has 0 radical (unpaired) electrons. The molecule has 0 spiro atoms. The molecule has 5 N–H and O–H groups in total. The number of sulfonamides is 1. The van der Waals surface area contributed by atoms with Crippen molar-refractivity contribution < 1.29 is 18.3 Å². The van der Waals surface area contributed by atoms with E-state index < -0.39 is 16.0 Å². The van der Waals surface area contributed by atoms with Crippen molar-refractivity contribution in [1.82, 2.24) is 4.98 Å². The van der Waals surface area contributed by atoms with E-state index in [0.29, 0.717) is 16.5 Å². The van der Waals surface area contributed by atoms with Crippen LogP contribution in [0.15, 0.2) is 64.3 Å². The lowest BCUT2D eigenvalue weighted by Crippen LogP contribution is -2.21. The van der Waals surface area contributed by atoms with Gasteiger partial charge in [-0.05, 0) is 24.3 Å². The highest BCUT2D eigenvalue weighted by atomic mass is 35.5. The highest BCUT2D eigenvalue weighted by molar-refractivity contribution is 7.92. The second-order valence-electron chi connectivity index (χ2n) is 5.62. The van der Waals surface area contributed by atoms with Gasteiger partial charge in [0.2, 0.25) is 5.96 Å². The molecule has 144 valence electrons. The number of guanidine groups is 1. The Bertz CT molecular complexity index is 1200. The molecule has 28 heavy (non-hydrogen) atoms. The SMILES string of the molecule is NC(=NCl)Nc1cncc2cc(S(=O)(=O)Nc3ccccc3C(=O)O)ccc12. The zero-order valence-electron chi connectivity index (χ0n) is 14.1. The zero-order valence-corrected chi connectivity index (χ0v) is 15.7. The summed E-state index contributed by atoms with van der Waals surface area (Å²) in [5.41, 5.74) is 5.85. The Morgan fingerprint density at radius 1 is 1.14 bits per heavy atom. The molecule has 0 fully saturated rings. The lowest BCUT2D eigenvalue weighted by molar-refractivity contribution is 0.0698. The van der Waals surface area contributed by atoms with Crippen LogP contribution in [0.4, 0.5) is 11.4 Å². The van der Waals surface area contributed by atoms with E-state index in [2.05, 4.69) is 19.5 Å². The maximum Gasteiger partial charge on any atom is 0.337 e. The van der Waals surface area contributed by atoms with Gasteiger partial charge in [-0.3, -0.25) is 9.71 Å². The first-order chi connectivity index (χ1) is 13.3. The summed E-state index contributed by atoms with van der Waals surface area (Å²) in [6.07, 6.45) is 2.98. The third-order valence-electron chi connectivity index (χ3n) is 3.80. The second kappa shape index (κ2) is 7.71. The van der Waals surface area contributed by atoms with Gasteiger partial charge in [0, 0.05) is 28.7 Å². The van der Waals surface area contributed by atoms with Crippen molar-refractivity contribution in [2.45, 2.75) is 4.90 Å². The molecule has 0 atom stereocenters. The topological polar surface area (TPSA) is 147 Å². The standard InChI is InChI=1S/C17H14ClN5O4S/c18-22-17(19)21-15-9-20-8-10-7-11(5-6-12(10)15)28(26,27)23-14-4-2-1-3-13(14)16(24)25/h1-9,23H,(H,24,25)(H3,19,21,22). The number of benzene rings is 2. The number of nitrogens with zero attached hydrogens (tertiary/aromatic N) is 2. The summed E-state index contributed by atoms with van der Waals surface area (Å²) >= 11 is 5.30. The van der Waals surface area contributed by atoms with Crippen molar-refractivity contribution in [2.24, 2.45) is 10.2 Å². The molecule has 0 aliphatic carbocycles. The van der Waals surface area contributed by atoms with Crippen molar-refractivity contribution in [2.75, 3.05) is 10.0 Å². The van der Waals surface area contributed by atoms with Crippen LogP contribution in [0.25, 0.3) is 10.8 Å². The fourth-order valence-electron chi connectivity index (χ4n) is 2.54. The average Bonchev–Trinajstić information content (AvgIpc) is 2.67. The number of aromatic nitrogens is 1. The molecule has 0 unspecified atom stereocenters. The summed E-state index contributed by atoms with van der Waals surface area (Å²) in [5.74, 6) is -1.28. The molecule has 0 saturated heterocycles. The van der Waals surface area contributed by atoms with Crippen molar-refractivity contribution in [3.05, 3.63) is 60.4 Å². The number of halogens is 1. The Balaban J connectivity index is 2.00. The van der Waals surface area contributed by atoms with E-state index in [9.17, 15) is 18.3 Å². The van der Waals surface area contributed by atoms with Gasteiger partial charge in [0.1, 0.15) is 0 Å². The Labute approximate surface area is 165 Å². The monoisotopic (exact) mass is 419 g/mol. The van der Waals surface area contributed by atoms with Crippen molar-refractivity contribution in [3.63, 3.8) is 0 Å². The number of anilines is 2. The van der Waals surface area contributed by atoms with Crippen molar-refractivity contribution >= 4 is 55.9 Å². The van der Waals surface area contributed by atoms with Gasteiger partial charge in [0.15, 0.2) is 0 Å². The number of nitrogens with two attached hydrogens (primary N) is 1. The predicted molar refractivity (Wildman–Crippen MR) is 107 cm³/mol. The van der Waals surface area contributed by atoms with Crippen LogP contribution in [0.3, 0.4) is 0 Å². The number of hydrogen-bond donors (Lipinski definition) is 4. The first-order valence-corrected chi connectivity index (χ1v) is 9.58. The molecule has 3 aromatic rings. The molecule has 2 aromatic carbocycles. The van der Waals surface area contributed by atoms with E-state index in [0.717, 1.165) is 0 Å². The predicted octanol–water partition coefficient (Wildman–Crippen LogP) is 2.61. The van der Waals surface area contributed by atoms with Gasteiger partial charge in [-0.2, -0.15) is 0 Å². The van der Waals surface area contributed by atoms with E-state index in [-0.39, 0.29) is 22.1 Å². The summed E-state index contributed by atoms with van der Waals surface area (Å²) in [6.45, 7) is 0. The molecular formula is C17H14ClN5O4S. The molecule has 9 nitrogen and oxygen atoms in total. The minimum Gasteiger partial charge on any atom is -0.478 e. The minimum atomic E-state index is -4.03. The molecular weight excluding hydrogens is 406 g/mol. The Morgan fingerprint density at radius 2 is 1.89 bits per heavy atom. The van der Waals surface area contributed by atoms with Gasteiger partial charge in [0.25, 0.3) is 10.0 Å². The fraction of sp³-hybridized carbons (Fsp3) is 0. The number of hydrogen-bond acceptors (Lipinski definition) is 5. The third-order valence-corrected chi connectivity index (χ3v) is 5.34. The van der Waals surface area contributed by atoms with Crippen LogP contribution in [0.2, 0.25) is 0 Å². The molecule has 0 saturated carbocycles. The summed E-state index contributed by atoms with van der Waals surface area (Å²) in [6, 6.07) is 10.1. The van der Waals surface area contributed by atoms with E-state index in [1.807, 2.05) is 0 Å². The smallest absolute Gasteiger partial charge is 0.337 e. The number of aromatic carboxylic acids is 1. The van der Waals surface area contributed by atoms with Gasteiger partial charge in [-0.25, -0.2) is 13.2 Å². The first-order valence-electron chi connectivity index (χ1n) is 7.76. The second-order valence-corrected chi connectivity index (χ2v) is 7.47. The number of carboxylic acid groups (broad SMARTS) is 1. The molecule has 11 heteroatoms. The number of fused-ring (bicyclic) bond motifs is 1. The normalized spacial score (nSPS) is 12.0. The largest absolute Gasteiger partial charge is 0.478 e. The molecule has 0 aliphatic heterocycles. The number of pyridine rings is 1. The Morgan fingerprint density at radius 3 is 2.61 bits per heavy atom. The number of nitrogens with one attached hydrogen (secondary N) is 2. The number of carboxylic acids is 1. The molecule has 0 bridgehead atoms. The summed E-state index contributed by atoms with van der Waals surface area (Å²) in [5, 5.41) is 13.1. The number of rotatable bonds is 5. The summed E-state index contributed by atoms with van der Waals surface area (Å²) < 4.78 is 31.1. The van der Waals surface area contributed by atoms with Gasteiger partial charge < -0.3 is 16.2 Å². The van der Waals surface area contributed by atoms with E-state index in [1.54, 1.807) is 6.07 Å². The lowest BCUT2D eigenvalue weighted by Gasteiger charge is -2.12. The fourth-order valence-corrected chi connectivity index (χ4v) is 3.70. The van der Waals surface area contributed by atoms with E-state index >= 15 is 0 Å². The van der Waals surface area contributed by atoms with Crippen LogP contribution in [0.5, 0.6) is 0 Å².